The monoisotopic (exact) mass is 441 g/mol. The molecule has 2 aliphatic rings. The lowest BCUT2D eigenvalue weighted by molar-refractivity contribution is -0.359. The van der Waals surface area contributed by atoms with Gasteiger partial charge in [-0.3, -0.25) is 0 Å². The van der Waals surface area contributed by atoms with Crippen LogP contribution in [0.4, 0.5) is 0 Å². The fourth-order valence-corrected chi connectivity index (χ4v) is 3.49. The van der Waals surface area contributed by atoms with Crippen molar-refractivity contribution in [3.8, 4) is 0 Å². The molecular weight excluding hydrogens is 406 g/mol. The Morgan fingerprint density at radius 2 is 1.27 bits per heavy atom. The molecule has 0 aromatic heterocycles. The number of rotatable bonds is 11. The summed E-state index contributed by atoms with van der Waals surface area (Å²) < 4.78 is 21.7. The van der Waals surface area contributed by atoms with Gasteiger partial charge in [0.05, 0.1) is 13.2 Å². The number of aliphatic hydroxyl groups is 7. The number of nitrogens with two attached hydrogens (primary N) is 1. The van der Waals surface area contributed by atoms with E-state index in [1.165, 1.54) is 0 Å². The lowest BCUT2D eigenvalue weighted by Gasteiger charge is -2.45. The van der Waals surface area contributed by atoms with Gasteiger partial charge in [-0.15, -0.1) is 0 Å². The predicted octanol–water partition coefficient (Wildman–Crippen LogP) is -3.85. The third-order valence-corrected chi connectivity index (χ3v) is 5.34. The van der Waals surface area contributed by atoms with Gasteiger partial charge in [-0.25, -0.2) is 0 Å². The van der Waals surface area contributed by atoms with Crippen molar-refractivity contribution < 1.29 is 54.7 Å². The summed E-state index contributed by atoms with van der Waals surface area (Å²) in [5.41, 5.74) is 5.43. The zero-order valence-electron chi connectivity index (χ0n) is 16.8. The van der Waals surface area contributed by atoms with Crippen LogP contribution in [0.25, 0.3) is 0 Å². The van der Waals surface area contributed by atoms with Crippen LogP contribution >= 0.6 is 0 Å². The van der Waals surface area contributed by atoms with Crippen molar-refractivity contribution >= 4 is 0 Å². The van der Waals surface area contributed by atoms with Gasteiger partial charge < -0.3 is 60.4 Å². The van der Waals surface area contributed by atoms with Gasteiger partial charge in [0.2, 0.25) is 0 Å². The average Bonchev–Trinajstić information content (AvgIpc) is 2.75. The first-order valence-electron chi connectivity index (χ1n) is 10.3. The van der Waals surface area contributed by atoms with Crippen molar-refractivity contribution in [1.29, 1.82) is 0 Å². The Balaban J connectivity index is 1.94. The summed E-state index contributed by atoms with van der Waals surface area (Å²) in [7, 11) is 0. The Kier molecular flexibility index (Phi) is 10.8. The van der Waals surface area contributed by atoms with E-state index in [9.17, 15) is 35.7 Å². The molecule has 9 N–H and O–H groups in total. The first-order chi connectivity index (χ1) is 14.3. The minimum atomic E-state index is -1.70. The summed E-state index contributed by atoms with van der Waals surface area (Å²) in [6.07, 6.45) is -11.0. The van der Waals surface area contributed by atoms with Gasteiger partial charge >= 0.3 is 0 Å². The van der Waals surface area contributed by atoms with E-state index >= 15 is 0 Å². The second-order valence-corrected chi connectivity index (χ2v) is 7.58. The maximum absolute atomic E-state index is 10.5. The molecule has 2 rings (SSSR count). The van der Waals surface area contributed by atoms with Gasteiger partial charge in [-0.1, -0.05) is 12.8 Å². The quantitative estimate of drug-likeness (QED) is 0.145. The molecule has 178 valence electrons. The normalized spacial score (nSPS) is 42.4. The zero-order chi connectivity index (χ0) is 22.3. The van der Waals surface area contributed by atoms with Crippen molar-refractivity contribution in [3.05, 3.63) is 0 Å². The highest BCUT2D eigenvalue weighted by Crippen LogP contribution is 2.29. The van der Waals surface area contributed by atoms with Crippen molar-refractivity contribution in [3.63, 3.8) is 0 Å². The van der Waals surface area contributed by atoms with Crippen LogP contribution in [0.1, 0.15) is 25.7 Å². The van der Waals surface area contributed by atoms with E-state index < -0.39 is 74.6 Å². The molecular formula is C18H35NO11. The second-order valence-electron chi connectivity index (χ2n) is 7.58. The van der Waals surface area contributed by atoms with Gasteiger partial charge in [-0.05, 0) is 19.4 Å². The molecule has 0 aliphatic carbocycles. The van der Waals surface area contributed by atoms with Crippen molar-refractivity contribution in [2.45, 2.75) is 87.1 Å². The summed E-state index contributed by atoms with van der Waals surface area (Å²) in [6, 6.07) is 0. The van der Waals surface area contributed by atoms with Crippen LogP contribution in [0.2, 0.25) is 0 Å². The lowest BCUT2D eigenvalue weighted by atomic mass is 9.97. The minimum Gasteiger partial charge on any atom is -0.394 e. The molecule has 2 fully saturated rings. The molecule has 0 bridgehead atoms. The van der Waals surface area contributed by atoms with E-state index in [-0.39, 0.29) is 6.61 Å². The highest BCUT2D eigenvalue weighted by Gasteiger charge is 2.50. The number of aliphatic hydroxyl groups excluding tert-OH is 7. The van der Waals surface area contributed by atoms with Crippen LogP contribution in [0.3, 0.4) is 0 Å². The number of ether oxygens (including phenoxy) is 4. The van der Waals surface area contributed by atoms with Crippen molar-refractivity contribution in [2.24, 2.45) is 5.73 Å². The largest absolute Gasteiger partial charge is 0.394 e. The molecule has 12 nitrogen and oxygen atoms in total. The average molecular weight is 441 g/mol. The standard InChI is InChI=1S/C18H35NO11/c19-5-3-1-2-4-6-27-17-15(26)13(24)16(10(8-21)29-17)30-18-14(25)12(23)11(22)9(7-20)28-18/h9-18,20-26H,1-8,19H2/t9-,10-,11+,12+,13-,14-,15-,16+,17-,18+/m1/s1. The first-order valence-corrected chi connectivity index (χ1v) is 10.3. The number of unbranched alkanes of at least 4 members (excludes halogenated alkanes) is 3. The second kappa shape index (κ2) is 12.5. The Bertz CT molecular complexity index is 483. The maximum Gasteiger partial charge on any atom is 0.187 e. The molecule has 30 heavy (non-hydrogen) atoms. The molecule has 2 aliphatic heterocycles. The number of hydrogen-bond acceptors (Lipinski definition) is 12. The Labute approximate surface area is 174 Å². The molecule has 0 amide bonds. The third-order valence-electron chi connectivity index (χ3n) is 5.34. The molecule has 0 aromatic rings. The number of hydrogen-bond donors (Lipinski definition) is 8. The van der Waals surface area contributed by atoms with Crippen LogP contribution in [0, 0.1) is 0 Å². The topological polar surface area (TPSA) is 205 Å². The minimum absolute atomic E-state index is 0.273. The highest BCUT2D eigenvalue weighted by atomic mass is 16.7. The van der Waals surface area contributed by atoms with E-state index in [0.29, 0.717) is 13.0 Å². The van der Waals surface area contributed by atoms with Crippen LogP contribution in [-0.4, -0.2) is 124 Å². The zero-order valence-corrected chi connectivity index (χ0v) is 16.8. The molecule has 12 heteroatoms. The smallest absolute Gasteiger partial charge is 0.187 e. The maximum atomic E-state index is 10.5. The lowest BCUT2D eigenvalue weighted by Crippen LogP contribution is -2.64. The summed E-state index contributed by atoms with van der Waals surface area (Å²) >= 11 is 0. The fourth-order valence-electron chi connectivity index (χ4n) is 3.49. The van der Waals surface area contributed by atoms with Crippen LogP contribution in [0.15, 0.2) is 0 Å². The fraction of sp³-hybridized carbons (Fsp3) is 1.00. The van der Waals surface area contributed by atoms with Gasteiger partial charge in [0.25, 0.3) is 0 Å². The summed E-state index contributed by atoms with van der Waals surface area (Å²) in [4.78, 5) is 0. The third kappa shape index (κ3) is 6.28. The molecule has 0 saturated carbocycles. The van der Waals surface area contributed by atoms with E-state index in [0.717, 1.165) is 19.3 Å². The van der Waals surface area contributed by atoms with Crippen molar-refractivity contribution in [1.82, 2.24) is 0 Å². The van der Waals surface area contributed by atoms with Crippen LogP contribution < -0.4 is 5.73 Å². The Hall–Kier alpha value is -0.480. The SMILES string of the molecule is NCCCCCCO[C@@H]1O[C@H](CO)[C@H](O[C@@H]2O[C@H](CO)[C@H](O)[C@H](O)[C@H]2O)[C@H](O)[C@H]1O. The molecule has 0 unspecified atom stereocenters. The highest BCUT2D eigenvalue weighted by molar-refractivity contribution is 4.94. The van der Waals surface area contributed by atoms with E-state index in [4.69, 9.17) is 24.7 Å². The summed E-state index contributed by atoms with van der Waals surface area (Å²) in [5, 5.41) is 69.5. The molecule has 0 radical (unpaired) electrons. The summed E-state index contributed by atoms with van der Waals surface area (Å²) in [6.45, 7) is -0.356. The van der Waals surface area contributed by atoms with Gasteiger partial charge in [-0.2, -0.15) is 0 Å². The van der Waals surface area contributed by atoms with Crippen LogP contribution in [-0.2, 0) is 18.9 Å². The molecule has 2 heterocycles. The molecule has 10 atom stereocenters. The van der Waals surface area contributed by atoms with Gasteiger partial charge in [0.1, 0.15) is 48.8 Å². The van der Waals surface area contributed by atoms with E-state index in [1.807, 2.05) is 0 Å². The van der Waals surface area contributed by atoms with Gasteiger partial charge in [0, 0.05) is 6.61 Å². The van der Waals surface area contributed by atoms with Crippen molar-refractivity contribution in [2.75, 3.05) is 26.4 Å². The molecule has 0 spiro atoms. The molecule has 0 aromatic carbocycles. The Morgan fingerprint density at radius 1 is 0.667 bits per heavy atom. The summed E-state index contributed by atoms with van der Waals surface area (Å²) in [5.74, 6) is 0. The Morgan fingerprint density at radius 3 is 1.90 bits per heavy atom. The van der Waals surface area contributed by atoms with Gasteiger partial charge in [0.15, 0.2) is 12.6 Å². The van der Waals surface area contributed by atoms with E-state index in [2.05, 4.69) is 0 Å². The first kappa shape index (κ1) is 25.8. The van der Waals surface area contributed by atoms with E-state index in [1.54, 1.807) is 0 Å². The molecule has 2 saturated heterocycles. The van der Waals surface area contributed by atoms with Crippen LogP contribution in [0.5, 0.6) is 0 Å². The predicted molar refractivity (Wildman–Crippen MR) is 99.9 cm³/mol.